The van der Waals surface area contributed by atoms with Gasteiger partial charge in [-0.05, 0) is 47.5 Å². The Balaban J connectivity index is 3.90. The minimum Gasteiger partial charge on any atom is -0.444 e. The molecule has 0 aromatic rings. The lowest BCUT2D eigenvalue weighted by atomic mass is 10.2. The van der Waals surface area contributed by atoms with E-state index in [1.54, 1.807) is 16.8 Å². The summed E-state index contributed by atoms with van der Waals surface area (Å²) >= 11 is 0. The fourth-order valence-electron chi connectivity index (χ4n) is 1.52. The van der Waals surface area contributed by atoms with E-state index in [4.69, 9.17) is 4.74 Å². The Kier molecular flexibility index (Phi) is 7.61. The van der Waals surface area contributed by atoms with Gasteiger partial charge in [-0.15, -0.1) is 0 Å². The average Bonchev–Trinajstić information content (AvgIpc) is 2.30. The maximum atomic E-state index is 11.8. The number of nitrogens with zero attached hydrogens (tertiary/aromatic N) is 2. The molecule has 0 aliphatic carbocycles. The maximum Gasteiger partial charge on any atom is 0.410 e. The first kappa shape index (κ1) is 18.7. The molecule has 0 aliphatic heterocycles. The molecule has 118 valence electrons. The zero-order valence-electron chi connectivity index (χ0n) is 14.0. The molecule has 0 aliphatic rings. The largest absolute Gasteiger partial charge is 0.444 e. The molecule has 0 rings (SSSR count). The zero-order valence-corrected chi connectivity index (χ0v) is 14.0. The van der Waals surface area contributed by atoms with Crippen LogP contribution in [0.25, 0.3) is 0 Å². The van der Waals surface area contributed by atoms with E-state index in [0.717, 1.165) is 12.8 Å². The SMILES string of the molecule is CC(C)N(C)C(=O)CCCCN(C)C(=O)OC(C)(C)C. The number of carbonyl (C=O) groups excluding carboxylic acids is 2. The van der Waals surface area contributed by atoms with Gasteiger partial charge in [0.25, 0.3) is 0 Å². The highest BCUT2D eigenvalue weighted by Gasteiger charge is 2.19. The molecule has 2 amide bonds. The molecule has 0 heterocycles. The number of ether oxygens (including phenoxy) is 1. The molecule has 5 nitrogen and oxygen atoms in total. The van der Waals surface area contributed by atoms with Gasteiger partial charge in [0.1, 0.15) is 5.60 Å². The smallest absolute Gasteiger partial charge is 0.410 e. The molecule has 5 heteroatoms. The second-order valence-corrected chi connectivity index (χ2v) is 6.46. The van der Waals surface area contributed by atoms with E-state index in [1.165, 1.54) is 0 Å². The summed E-state index contributed by atoms with van der Waals surface area (Å²) in [5.74, 6) is 0.153. The van der Waals surface area contributed by atoms with Crippen LogP contribution in [0.1, 0.15) is 53.9 Å². The number of amides is 2. The summed E-state index contributed by atoms with van der Waals surface area (Å²) < 4.78 is 5.26. The first-order valence-electron chi connectivity index (χ1n) is 7.24. The molecular formula is C15H30N2O3. The third-order valence-corrected chi connectivity index (χ3v) is 3.01. The molecule has 0 aromatic heterocycles. The van der Waals surface area contributed by atoms with Crippen molar-refractivity contribution in [1.29, 1.82) is 0 Å². The Morgan fingerprint density at radius 2 is 1.65 bits per heavy atom. The van der Waals surface area contributed by atoms with Gasteiger partial charge in [0, 0.05) is 33.1 Å². The molecule has 0 unspecified atom stereocenters. The van der Waals surface area contributed by atoms with Gasteiger partial charge in [0.05, 0.1) is 0 Å². The first-order chi connectivity index (χ1) is 9.04. The number of rotatable bonds is 6. The molecule has 0 N–H and O–H groups in total. The van der Waals surface area contributed by atoms with Crippen molar-refractivity contribution < 1.29 is 14.3 Å². The standard InChI is InChI=1S/C15H30N2O3/c1-12(2)17(7)13(18)10-8-9-11-16(6)14(19)20-15(3,4)5/h12H,8-11H2,1-7H3. The van der Waals surface area contributed by atoms with E-state index < -0.39 is 5.60 Å². The summed E-state index contributed by atoms with van der Waals surface area (Å²) in [5.41, 5.74) is -0.471. The van der Waals surface area contributed by atoms with Crippen molar-refractivity contribution in [3.63, 3.8) is 0 Å². The third-order valence-electron chi connectivity index (χ3n) is 3.01. The number of hydrogen-bond acceptors (Lipinski definition) is 3. The highest BCUT2D eigenvalue weighted by Crippen LogP contribution is 2.10. The molecule has 0 fully saturated rings. The van der Waals surface area contributed by atoms with Crippen molar-refractivity contribution in [2.75, 3.05) is 20.6 Å². The van der Waals surface area contributed by atoms with Gasteiger partial charge in [-0.1, -0.05) is 0 Å². The van der Waals surface area contributed by atoms with Gasteiger partial charge in [-0.3, -0.25) is 4.79 Å². The van der Waals surface area contributed by atoms with Gasteiger partial charge in [0.15, 0.2) is 0 Å². The van der Waals surface area contributed by atoms with Crippen LogP contribution >= 0.6 is 0 Å². The van der Waals surface area contributed by atoms with E-state index in [2.05, 4.69) is 0 Å². The van der Waals surface area contributed by atoms with E-state index >= 15 is 0 Å². The van der Waals surface area contributed by atoms with Crippen molar-refractivity contribution in [3.05, 3.63) is 0 Å². The molecule has 0 radical (unpaired) electrons. The highest BCUT2D eigenvalue weighted by molar-refractivity contribution is 5.76. The molecule has 0 saturated heterocycles. The predicted octanol–water partition coefficient (Wildman–Crippen LogP) is 2.89. The van der Waals surface area contributed by atoms with Gasteiger partial charge in [0.2, 0.25) is 5.91 Å². The van der Waals surface area contributed by atoms with Crippen molar-refractivity contribution in [1.82, 2.24) is 9.80 Å². The average molecular weight is 286 g/mol. The monoisotopic (exact) mass is 286 g/mol. The van der Waals surface area contributed by atoms with Crippen molar-refractivity contribution in [2.45, 2.75) is 65.5 Å². The second-order valence-electron chi connectivity index (χ2n) is 6.46. The number of hydrogen-bond donors (Lipinski definition) is 0. The Morgan fingerprint density at radius 3 is 2.10 bits per heavy atom. The van der Waals surface area contributed by atoms with Crippen LogP contribution in [0.15, 0.2) is 0 Å². The fourth-order valence-corrected chi connectivity index (χ4v) is 1.52. The lowest BCUT2D eigenvalue weighted by Crippen LogP contribution is -2.35. The number of unbranched alkanes of at least 4 members (excludes halogenated alkanes) is 1. The minimum atomic E-state index is -0.471. The van der Waals surface area contributed by atoms with Crippen molar-refractivity contribution >= 4 is 12.0 Å². The topological polar surface area (TPSA) is 49.9 Å². The van der Waals surface area contributed by atoms with Gasteiger partial charge in [-0.2, -0.15) is 0 Å². The fraction of sp³-hybridized carbons (Fsp3) is 0.867. The van der Waals surface area contributed by atoms with Crippen molar-refractivity contribution in [3.8, 4) is 0 Å². The Morgan fingerprint density at radius 1 is 1.10 bits per heavy atom. The summed E-state index contributed by atoms with van der Waals surface area (Å²) in [6, 6.07) is 0.229. The van der Waals surface area contributed by atoms with Crippen LogP contribution in [0.5, 0.6) is 0 Å². The number of carbonyl (C=O) groups is 2. The normalized spacial score (nSPS) is 11.4. The highest BCUT2D eigenvalue weighted by atomic mass is 16.6. The van der Waals surface area contributed by atoms with Crippen LogP contribution in [0.4, 0.5) is 4.79 Å². The van der Waals surface area contributed by atoms with Gasteiger partial charge in [-0.25, -0.2) is 4.79 Å². The molecule has 0 spiro atoms. The first-order valence-corrected chi connectivity index (χ1v) is 7.24. The summed E-state index contributed by atoms with van der Waals surface area (Å²) in [6.45, 7) is 10.1. The zero-order chi connectivity index (χ0) is 15.9. The molecule has 0 saturated carbocycles. The molecule has 20 heavy (non-hydrogen) atoms. The third kappa shape index (κ3) is 8.02. The van der Waals surface area contributed by atoms with Gasteiger partial charge >= 0.3 is 6.09 Å². The van der Waals surface area contributed by atoms with Crippen LogP contribution in [0.2, 0.25) is 0 Å². The summed E-state index contributed by atoms with van der Waals surface area (Å²) in [4.78, 5) is 26.8. The van der Waals surface area contributed by atoms with E-state index in [1.807, 2.05) is 41.7 Å². The Hall–Kier alpha value is -1.26. The lowest BCUT2D eigenvalue weighted by molar-refractivity contribution is -0.131. The van der Waals surface area contributed by atoms with E-state index in [0.29, 0.717) is 13.0 Å². The molecular weight excluding hydrogens is 256 g/mol. The molecule has 0 bridgehead atoms. The van der Waals surface area contributed by atoms with E-state index in [9.17, 15) is 9.59 Å². The minimum absolute atomic E-state index is 0.153. The van der Waals surface area contributed by atoms with Crippen LogP contribution in [0, 0.1) is 0 Å². The Bertz CT molecular complexity index is 322. The summed E-state index contributed by atoms with van der Waals surface area (Å²) in [6.07, 6.45) is 1.79. The molecule has 0 atom stereocenters. The summed E-state index contributed by atoms with van der Waals surface area (Å²) in [5, 5.41) is 0. The molecule has 0 aromatic carbocycles. The van der Waals surface area contributed by atoms with Crippen LogP contribution in [-0.2, 0) is 9.53 Å². The maximum absolute atomic E-state index is 11.8. The predicted molar refractivity (Wildman–Crippen MR) is 80.6 cm³/mol. The van der Waals surface area contributed by atoms with Crippen molar-refractivity contribution in [2.24, 2.45) is 0 Å². The quantitative estimate of drug-likeness (QED) is 0.705. The summed E-state index contributed by atoms with van der Waals surface area (Å²) in [7, 11) is 3.54. The second kappa shape index (κ2) is 8.12. The van der Waals surface area contributed by atoms with Crippen LogP contribution < -0.4 is 0 Å². The van der Waals surface area contributed by atoms with E-state index in [-0.39, 0.29) is 18.0 Å². The lowest BCUT2D eigenvalue weighted by Gasteiger charge is -2.25. The van der Waals surface area contributed by atoms with Crippen LogP contribution in [0.3, 0.4) is 0 Å². The van der Waals surface area contributed by atoms with Crippen LogP contribution in [-0.4, -0.2) is 54.1 Å². The Labute approximate surface area is 123 Å². The van der Waals surface area contributed by atoms with Gasteiger partial charge < -0.3 is 14.5 Å².